The molecule has 1 aromatic carbocycles. The van der Waals surface area contributed by atoms with Crippen molar-refractivity contribution in [2.45, 2.75) is 11.8 Å². The van der Waals surface area contributed by atoms with Crippen molar-refractivity contribution in [1.29, 1.82) is 0 Å². The summed E-state index contributed by atoms with van der Waals surface area (Å²) in [6.07, 6.45) is 0.990. The molecule has 0 radical (unpaired) electrons. The van der Waals surface area contributed by atoms with Crippen molar-refractivity contribution in [2.75, 3.05) is 19.8 Å². The van der Waals surface area contributed by atoms with Gasteiger partial charge < -0.3 is 9.47 Å². The summed E-state index contributed by atoms with van der Waals surface area (Å²) >= 11 is 0. The summed E-state index contributed by atoms with van der Waals surface area (Å²) in [5.41, 5.74) is 2.48. The Hall–Kier alpha value is -1.28. The summed E-state index contributed by atoms with van der Waals surface area (Å²) in [4.78, 5) is 0. The molecule has 3 rings (SSSR count). The zero-order valence-corrected chi connectivity index (χ0v) is 8.66. The van der Waals surface area contributed by atoms with Crippen LogP contribution in [0, 0.1) is 0 Å². The van der Waals surface area contributed by atoms with Crippen molar-refractivity contribution in [2.24, 2.45) is 0 Å². The van der Waals surface area contributed by atoms with Crippen molar-refractivity contribution in [3.05, 3.63) is 42.0 Å². The predicted octanol–water partition coefficient (Wildman–Crippen LogP) is 2.29. The maximum atomic E-state index is 5.72. The van der Waals surface area contributed by atoms with Crippen LogP contribution in [0.5, 0.6) is 5.75 Å². The maximum Gasteiger partial charge on any atom is 0.123 e. The molecular weight excluding hydrogens is 188 g/mol. The SMILES string of the molecule is C=C1COCC2(COc3ccccc32)C1. The minimum absolute atomic E-state index is 0.0337. The molecule has 1 fully saturated rings. The molecule has 0 amide bonds. The van der Waals surface area contributed by atoms with Crippen LogP contribution in [0.4, 0.5) is 0 Å². The average molecular weight is 202 g/mol. The van der Waals surface area contributed by atoms with Gasteiger partial charge in [0.1, 0.15) is 12.4 Å². The fraction of sp³-hybridized carbons (Fsp3) is 0.385. The molecule has 0 N–H and O–H groups in total. The van der Waals surface area contributed by atoms with E-state index in [0.29, 0.717) is 6.61 Å². The van der Waals surface area contributed by atoms with Crippen LogP contribution in [0.25, 0.3) is 0 Å². The zero-order chi connectivity index (χ0) is 10.3. The Bertz CT molecular complexity index is 407. The first kappa shape index (κ1) is 8.98. The van der Waals surface area contributed by atoms with Gasteiger partial charge >= 0.3 is 0 Å². The van der Waals surface area contributed by atoms with Crippen molar-refractivity contribution in [1.82, 2.24) is 0 Å². The Balaban J connectivity index is 2.04. The van der Waals surface area contributed by atoms with E-state index >= 15 is 0 Å². The van der Waals surface area contributed by atoms with Crippen LogP contribution in [0.3, 0.4) is 0 Å². The van der Waals surface area contributed by atoms with Crippen LogP contribution < -0.4 is 4.74 Å². The first-order valence-electron chi connectivity index (χ1n) is 5.27. The van der Waals surface area contributed by atoms with E-state index in [1.807, 2.05) is 12.1 Å². The molecule has 1 atom stereocenters. The van der Waals surface area contributed by atoms with Crippen LogP contribution >= 0.6 is 0 Å². The fourth-order valence-corrected chi connectivity index (χ4v) is 2.56. The molecule has 0 bridgehead atoms. The molecule has 78 valence electrons. The highest BCUT2D eigenvalue weighted by molar-refractivity contribution is 5.45. The van der Waals surface area contributed by atoms with Gasteiger partial charge in [0, 0.05) is 5.56 Å². The van der Waals surface area contributed by atoms with Crippen LogP contribution in [0.2, 0.25) is 0 Å². The topological polar surface area (TPSA) is 18.5 Å². The Kier molecular flexibility index (Phi) is 1.86. The summed E-state index contributed by atoms with van der Waals surface area (Å²) in [7, 11) is 0. The first-order chi connectivity index (χ1) is 7.30. The molecule has 1 unspecified atom stereocenters. The van der Waals surface area contributed by atoms with Gasteiger partial charge in [0.15, 0.2) is 0 Å². The van der Waals surface area contributed by atoms with Gasteiger partial charge in [0.2, 0.25) is 0 Å². The molecule has 2 heterocycles. The predicted molar refractivity (Wildman–Crippen MR) is 58.2 cm³/mol. The van der Waals surface area contributed by atoms with E-state index in [1.165, 1.54) is 11.1 Å². The van der Waals surface area contributed by atoms with Gasteiger partial charge in [-0.15, -0.1) is 0 Å². The number of hydrogen-bond acceptors (Lipinski definition) is 2. The molecule has 2 heteroatoms. The number of ether oxygens (including phenoxy) is 2. The number of hydrogen-bond donors (Lipinski definition) is 0. The van der Waals surface area contributed by atoms with Crippen LogP contribution in [-0.2, 0) is 10.2 Å². The van der Waals surface area contributed by atoms with Crippen LogP contribution in [0.15, 0.2) is 36.4 Å². The molecular formula is C13H14O2. The van der Waals surface area contributed by atoms with E-state index in [4.69, 9.17) is 9.47 Å². The molecule has 1 aromatic rings. The fourth-order valence-electron chi connectivity index (χ4n) is 2.56. The van der Waals surface area contributed by atoms with Crippen LogP contribution in [-0.4, -0.2) is 19.8 Å². The third-order valence-electron chi connectivity index (χ3n) is 3.24. The number of rotatable bonds is 0. The van der Waals surface area contributed by atoms with Crippen LogP contribution in [0.1, 0.15) is 12.0 Å². The highest BCUT2D eigenvalue weighted by Crippen LogP contribution is 2.44. The van der Waals surface area contributed by atoms with Crippen molar-refractivity contribution >= 4 is 0 Å². The molecule has 15 heavy (non-hydrogen) atoms. The molecule has 1 spiro atoms. The maximum absolute atomic E-state index is 5.72. The minimum Gasteiger partial charge on any atom is -0.492 e. The molecule has 0 aromatic heterocycles. The molecule has 2 nitrogen and oxygen atoms in total. The third-order valence-corrected chi connectivity index (χ3v) is 3.24. The van der Waals surface area contributed by atoms with E-state index in [0.717, 1.165) is 25.4 Å². The summed E-state index contributed by atoms with van der Waals surface area (Å²) in [6, 6.07) is 8.24. The largest absolute Gasteiger partial charge is 0.492 e. The number of benzene rings is 1. The third kappa shape index (κ3) is 1.29. The van der Waals surface area contributed by atoms with Gasteiger partial charge in [-0.3, -0.25) is 0 Å². The molecule has 2 aliphatic heterocycles. The Morgan fingerprint density at radius 3 is 2.93 bits per heavy atom. The lowest BCUT2D eigenvalue weighted by Gasteiger charge is -2.33. The highest BCUT2D eigenvalue weighted by atomic mass is 16.5. The number of fused-ring (bicyclic) bond motifs is 2. The Labute approximate surface area is 89.5 Å². The lowest BCUT2D eigenvalue weighted by atomic mass is 9.77. The van der Waals surface area contributed by atoms with Gasteiger partial charge in [-0.05, 0) is 12.5 Å². The van der Waals surface area contributed by atoms with E-state index < -0.39 is 0 Å². The summed E-state index contributed by atoms with van der Waals surface area (Å²) in [6.45, 7) is 6.20. The van der Waals surface area contributed by atoms with Crippen molar-refractivity contribution < 1.29 is 9.47 Å². The van der Waals surface area contributed by atoms with Gasteiger partial charge in [0.25, 0.3) is 0 Å². The highest BCUT2D eigenvalue weighted by Gasteiger charge is 2.43. The molecule has 0 aliphatic carbocycles. The van der Waals surface area contributed by atoms with E-state index in [1.54, 1.807) is 0 Å². The second kappa shape index (κ2) is 3.11. The second-order valence-electron chi connectivity index (χ2n) is 4.48. The second-order valence-corrected chi connectivity index (χ2v) is 4.48. The Morgan fingerprint density at radius 2 is 2.07 bits per heavy atom. The lowest BCUT2D eigenvalue weighted by molar-refractivity contribution is 0.0556. The summed E-state index contributed by atoms with van der Waals surface area (Å²) in [5, 5.41) is 0. The van der Waals surface area contributed by atoms with E-state index in [9.17, 15) is 0 Å². The van der Waals surface area contributed by atoms with Gasteiger partial charge in [-0.1, -0.05) is 30.4 Å². The minimum atomic E-state index is 0.0337. The quantitative estimate of drug-likeness (QED) is 0.601. The van der Waals surface area contributed by atoms with E-state index in [-0.39, 0.29) is 5.41 Å². The zero-order valence-electron chi connectivity index (χ0n) is 8.66. The normalized spacial score (nSPS) is 28.9. The first-order valence-corrected chi connectivity index (χ1v) is 5.27. The van der Waals surface area contributed by atoms with Crippen molar-refractivity contribution in [3.8, 4) is 5.75 Å². The van der Waals surface area contributed by atoms with Crippen molar-refractivity contribution in [3.63, 3.8) is 0 Å². The molecule has 2 aliphatic rings. The smallest absolute Gasteiger partial charge is 0.123 e. The Morgan fingerprint density at radius 1 is 1.20 bits per heavy atom. The average Bonchev–Trinajstić information content (AvgIpc) is 2.59. The van der Waals surface area contributed by atoms with Gasteiger partial charge in [-0.2, -0.15) is 0 Å². The monoisotopic (exact) mass is 202 g/mol. The molecule has 0 saturated carbocycles. The van der Waals surface area contributed by atoms with Gasteiger partial charge in [-0.25, -0.2) is 0 Å². The lowest BCUT2D eigenvalue weighted by Crippen LogP contribution is -2.38. The molecule has 1 saturated heterocycles. The number of para-hydroxylation sites is 1. The summed E-state index contributed by atoms with van der Waals surface area (Å²) < 4.78 is 11.3. The standard InChI is InChI=1S/C13H14O2/c1-10-6-13(8-14-7-10)9-15-12-5-3-2-4-11(12)13/h2-5H,1,6-9H2. The summed E-state index contributed by atoms with van der Waals surface area (Å²) in [5.74, 6) is 1.01. The van der Waals surface area contributed by atoms with E-state index in [2.05, 4.69) is 18.7 Å². The van der Waals surface area contributed by atoms with Gasteiger partial charge in [0.05, 0.1) is 18.6 Å².